The van der Waals surface area contributed by atoms with Gasteiger partial charge in [0.2, 0.25) is 21.5 Å². The van der Waals surface area contributed by atoms with Crippen molar-refractivity contribution in [2.45, 2.75) is 24.3 Å². The lowest BCUT2D eigenvalue weighted by atomic mass is 10.0. The molecule has 0 atom stereocenters. The van der Waals surface area contributed by atoms with Crippen molar-refractivity contribution in [3.05, 3.63) is 28.7 Å². The summed E-state index contributed by atoms with van der Waals surface area (Å²) < 4.78 is 26.1. The summed E-state index contributed by atoms with van der Waals surface area (Å²) in [7, 11) is -3.82. The van der Waals surface area contributed by atoms with Crippen LogP contribution in [0.15, 0.2) is 28.0 Å². The van der Waals surface area contributed by atoms with Crippen molar-refractivity contribution >= 4 is 15.9 Å². The normalized spacial score (nSPS) is 20.0. The summed E-state index contributed by atoms with van der Waals surface area (Å²) in [6, 6.07) is 2.38. The first-order valence-corrected chi connectivity index (χ1v) is 7.20. The molecule has 0 aliphatic carbocycles. The fraction of sp³-hybridized carbons (Fsp3) is 0.455. The first-order valence-electron chi connectivity index (χ1n) is 5.76. The minimum atomic E-state index is -3.82. The van der Waals surface area contributed by atoms with Crippen LogP contribution in [0, 0.1) is 0 Å². The highest BCUT2D eigenvalue weighted by Crippen LogP contribution is 2.25. The Morgan fingerprint density at radius 1 is 1.26 bits per heavy atom. The van der Waals surface area contributed by atoms with Crippen LogP contribution in [0.1, 0.15) is 13.8 Å². The van der Waals surface area contributed by atoms with Crippen molar-refractivity contribution in [1.29, 1.82) is 0 Å². The van der Waals surface area contributed by atoms with E-state index < -0.39 is 15.6 Å². The van der Waals surface area contributed by atoms with Crippen molar-refractivity contribution in [3.8, 4) is 0 Å². The van der Waals surface area contributed by atoms with Crippen LogP contribution in [0.25, 0.3) is 0 Å². The van der Waals surface area contributed by atoms with Crippen LogP contribution in [0.4, 0.5) is 0 Å². The van der Waals surface area contributed by atoms with Crippen LogP contribution in [0.5, 0.6) is 0 Å². The van der Waals surface area contributed by atoms with Gasteiger partial charge in [-0.25, -0.2) is 8.42 Å². The molecule has 2 rings (SSSR count). The molecule has 1 aliphatic rings. The molecular weight excluding hydrogens is 270 g/mol. The van der Waals surface area contributed by atoms with Crippen LogP contribution >= 0.6 is 0 Å². The van der Waals surface area contributed by atoms with Gasteiger partial charge in [0, 0.05) is 25.4 Å². The zero-order valence-electron chi connectivity index (χ0n) is 10.6. The summed E-state index contributed by atoms with van der Waals surface area (Å²) >= 11 is 0. The third kappa shape index (κ3) is 2.28. The molecule has 19 heavy (non-hydrogen) atoms. The van der Waals surface area contributed by atoms with Crippen molar-refractivity contribution < 1.29 is 13.2 Å². The third-order valence-corrected chi connectivity index (χ3v) is 5.19. The van der Waals surface area contributed by atoms with Gasteiger partial charge >= 0.3 is 0 Å². The van der Waals surface area contributed by atoms with Crippen LogP contribution in [-0.2, 0) is 14.8 Å². The molecule has 0 radical (unpaired) electrons. The highest BCUT2D eigenvalue weighted by Gasteiger charge is 2.44. The van der Waals surface area contributed by atoms with Gasteiger partial charge in [-0.1, -0.05) is 0 Å². The molecule has 0 spiro atoms. The van der Waals surface area contributed by atoms with Crippen molar-refractivity contribution in [2.75, 3.05) is 13.1 Å². The molecule has 0 aromatic carbocycles. The third-order valence-electron chi connectivity index (χ3n) is 3.12. The molecule has 104 valence electrons. The predicted octanol–water partition coefficient (Wildman–Crippen LogP) is -0.726. The van der Waals surface area contributed by atoms with E-state index in [1.54, 1.807) is 13.8 Å². The summed E-state index contributed by atoms with van der Waals surface area (Å²) in [5.41, 5.74) is -1.54. The number of nitrogens with one attached hydrogen (secondary N) is 2. The van der Waals surface area contributed by atoms with Gasteiger partial charge < -0.3 is 10.3 Å². The standard InChI is InChI=1S/C11H15N3O4S/c1-11(2)10(16)12-5-6-14(11)19(17,18)8-3-4-9(15)13-7-8/h3-4,7H,5-6H2,1-2H3,(H,12,16)(H,13,15). The molecule has 1 saturated heterocycles. The number of amides is 1. The Morgan fingerprint density at radius 3 is 2.53 bits per heavy atom. The minimum Gasteiger partial charge on any atom is -0.353 e. The average Bonchev–Trinajstić information content (AvgIpc) is 2.33. The second-order valence-corrected chi connectivity index (χ2v) is 6.64. The van der Waals surface area contributed by atoms with E-state index in [0.717, 1.165) is 16.6 Å². The van der Waals surface area contributed by atoms with E-state index in [4.69, 9.17) is 0 Å². The number of carbonyl (C=O) groups excluding carboxylic acids is 1. The lowest BCUT2D eigenvalue weighted by Crippen LogP contribution is -2.63. The summed E-state index contributed by atoms with van der Waals surface area (Å²) in [5.74, 6) is -0.341. The molecule has 1 aromatic heterocycles. The first-order chi connectivity index (χ1) is 8.76. The predicted molar refractivity (Wildman–Crippen MR) is 68.0 cm³/mol. The minimum absolute atomic E-state index is 0.0325. The Morgan fingerprint density at radius 2 is 1.95 bits per heavy atom. The number of hydrogen-bond donors (Lipinski definition) is 2. The fourth-order valence-electron chi connectivity index (χ4n) is 1.98. The van der Waals surface area contributed by atoms with Gasteiger partial charge in [-0.3, -0.25) is 9.59 Å². The van der Waals surface area contributed by atoms with E-state index in [9.17, 15) is 18.0 Å². The van der Waals surface area contributed by atoms with Gasteiger partial charge in [0.15, 0.2) is 0 Å². The van der Waals surface area contributed by atoms with Crippen LogP contribution < -0.4 is 10.9 Å². The van der Waals surface area contributed by atoms with E-state index in [1.807, 2.05) is 0 Å². The number of pyridine rings is 1. The lowest BCUT2D eigenvalue weighted by Gasteiger charge is -2.39. The second-order valence-electron chi connectivity index (χ2n) is 4.78. The van der Waals surface area contributed by atoms with Crippen molar-refractivity contribution in [3.63, 3.8) is 0 Å². The maximum absolute atomic E-state index is 12.5. The second kappa shape index (κ2) is 4.46. The Bertz CT molecular complexity index is 642. The van der Waals surface area contributed by atoms with Gasteiger partial charge in [0.25, 0.3) is 0 Å². The van der Waals surface area contributed by atoms with Crippen molar-refractivity contribution in [2.24, 2.45) is 0 Å². The molecule has 1 amide bonds. The Kier molecular flexibility index (Phi) is 3.23. The molecule has 2 N–H and O–H groups in total. The van der Waals surface area contributed by atoms with Gasteiger partial charge in [-0.15, -0.1) is 0 Å². The van der Waals surface area contributed by atoms with Crippen molar-refractivity contribution in [1.82, 2.24) is 14.6 Å². The molecule has 0 saturated carbocycles. The monoisotopic (exact) mass is 285 g/mol. The summed E-state index contributed by atoms with van der Waals surface area (Å²) in [5, 5.41) is 2.63. The summed E-state index contributed by atoms with van der Waals surface area (Å²) in [4.78, 5) is 25.0. The fourth-order valence-corrected chi connectivity index (χ4v) is 3.70. The smallest absolute Gasteiger partial charge is 0.247 e. The molecule has 1 fully saturated rings. The number of hydrogen-bond acceptors (Lipinski definition) is 4. The number of sulfonamides is 1. The highest BCUT2D eigenvalue weighted by molar-refractivity contribution is 7.89. The van der Waals surface area contributed by atoms with E-state index in [0.29, 0.717) is 0 Å². The van der Waals surface area contributed by atoms with Gasteiger partial charge in [-0.2, -0.15) is 4.31 Å². The average molecular weight is 285 g/mol. The van der Waals surface area contributed by atoms with Crippen LogP contribution in [0.2, 0.25) is 0 Å². The lowest BCUT2D eigenvalue weighted by molar-refractivity contribution is -0.131. The maximum Gasteiger partial charge on any atom is 0.247 e. The van der Waals surface area contributed by atoms with Crippen LogP contribution in [0.3, 0.4) is 0 Å². The molecule has 1 aromatic rings. The number of H-pyrrole nitrogens is 1. The van der Waals surface area contributed by atoms with E-state index in [2.05, 4.69) is 10.3 Å². The van der Waals surface area contributed by atoms with Gasteiger partial charge in [-0.05, 0) is 19.9 Å². The maximum atomic E-state index is 12.5. The zero-order valence-corrected chi connectivity index (χ0v) is 11.5. The number of carbonyl (C=O) groups is 1. The number of aromatic nitrogens is 1. The molecule has 8 heteroatoms. The summed E-state index contributed by atoms with van der Waals surface area (Å²) in [6.07, 6.45) is 1.14. The quantitative estimate of drug-likeness (QED) is 0.748. The van der Waals surface area contributed by atoms with E-state index in [1.165, 1.54) is 6.07 Å². The topological polar surface area (TPSA) is 99.3 Å². The van der Waals surface area contributed by atoms with Gasteiger partial charge in [0.05, 0.1) is 4.90 Å². The SMILES string of the molecule is CC1(C)C(=O)NCCN1S(=O)(=O)c1ccc(=O)[nH]c1. The number of nitrogens with zero attached hydrogens (tertiary/aromatic N) is 1. The molecule has 0 unspecified atom stereocenters. The van der Waals surface area contributed by atoms with Crippen LogP contribution in [-0.4, -0.2) is 42.2 Å². The summed E-state index contributed by atoms with van der Waals surface area (Å²) in [6.45, 7) is 3.56. The number of rotatable bonds is 2. The largest absolute Gasteiger partial charge is 0.353 e. The molecular formula is C11H15N3O4S. The molecule has 1 aliphatic heterocycles. The number of aromatic amines is 1. The van der Waals surface area contributed by atoms with E-state index >= 15 is 0 Å². The Labute approximate surface area is 110 Å². The zero-order chi connectivity index (χ0) is 14.3. The Balaban J connectivity index is 2.47. The Hall–Kier alpha value is -1.67. The highest BCUT2D eigenvalue weighted by atomic mass is 32.2. The molecule has 2 heterocycles. The molecule has 7 nitrogen and oxygen atoms in total. The molecule has 0 bridgehead atoms. The van der Waals surface area contributed by atoms with Gasteiger partial charge in [0.1, 0.15) is 5.54 Å². The van der Waals surface area contributed by atoms with E-state index in [-0.39, 0.29) is 29.5 Å². The first kappa shape index (κ1) is 13.8. The number of piperazine rings is 1.